The number of aromatic nitrogens is 2. The maximum absolute atomic E-state index is 12.6. The maximum atomic E-state index is 12.6. The molecule has 0 saturated carbocycles. The van der Waals surface area contributed by atoms with Gasteiger partial charge < -0.3 is 19.7 Å². The number of benzene rings is 1. The molecule has 1 aromatic carbocycles. The molecule has 0 spiro atoms. The van der Waals surface area contributed by atoms with Gasteiger partial charge in [0.25, 0.3) is 11.5 Å². The van der Waals surface area contributed by atoms with Gasteiger partial charge in [-0.05, 0) is 17.5 Å². The molecule has 0 radical (unpaired) electrons. The van der Waals surface area contributed by atoms with Crippen LogP contribution in [0.4, 0.5) is 11.4 Å². The third-order valence-electron chi connectivity index (χ3n) is 4.61. The predicted octanol–water partition coefficient (Wildman–Crippen LogP) is 1.76. The Bertz CT molecular complexity index is 888. The van der Waals surface area contributed by atoms with Gasteiger partial charge in [-0.3, -0.25) is 9.59 Å². The molecule has 1 amide bonds. The molecule has 8 nitrogen and oxygen atoms in total. The number of ether oxygens (including phenoxy) is 2. The Morgan fingerprint density at radius 2 is 2.00 bits per heavy atom. The molecule has 0 atom stereocenters. The smallest absolute Gasteiger partial charge is 0.292 e. The molecule has 1 saturated heterocycles. The van der Waals surface area contributed by atoms with Gasteiger partial charge in [0, 0.05) is 20.1 Å². The van der Waals surface area contributed by atoms with Crippen molar-refractivity contribution < 1.29 is 14.3 Å². The van der Waals surface area contributed by atoms with Crippen LogP contribution >= 0.6 is 0 Å². The van der Waals surface area contributed by atoms with Crippen molar-refractivity contribution in [1.82, 2.24) is 9.78 Å². The molecule has 1 aliphatic rings. The number of carbonyl (C=O) groups is 1. The minimum atomic E-state index is -0.344. The Balaban J connectivity index is 1.74. The van der Waals surface area contributed by atoms with Crippen LogP contribution in [-0.4, -0.2) is 48.6 Å². The number of nitrogens with zero attached hydrogens (tertiary/aromatic N) is 3. The highest BCUT2D eigenvalue weighted by molar-refractivity contribution is 5.95. The van der Waals surface area contributed by atoms with E-state index in [2.05, 4.69) is 24.3 Å². The molecule has 0 unspecified atom stereocenters. The van der Waals surface area contributed by atoms with Crippen molar-refractivity contribution in [2.75, 3.05) is 43.1 Å². The van der Waals surface area contributed by atoms with Crippen LogP contribution in [0.25, 0.3) is 0 Å². The summed E-state index contributed by atoms with van der Waals surface area (Å²) in [6.45, 7) is 6.23. The van der Waals surface area contributed by atoms with Crippen LogP contribution in [0.15, 0.2) is 35.3 Å². The van der Waals surface area contributed by atoms with Gasteiger partial charge >= 0.3 is 0 Å². The standard InChI is InChI=1S/C20H26N4O4/c1-14(2)15-6-4-5-7-17(15)28-13-18(25)22-16-12-21-23(3)20(26)19(16)24-8-10-27-11-9-24/h4-7,12,14H,8-11,13H2,1-3H3,(H,22,25). The first-order chi connectivity index (χ1) is 13.5. The van der Waals surface area contributed by atoms with E-state index in [1.165, 1.54) is 10.9 Å². The van der Waals surface area contributed by atoms with Crippen molar-refractivity contribution >= 4 is 17.3 Å². The molecule has 0 aliphatic carbocycles. The van der Waals surface area contributed by atoms with E-state index < -0.39 is 0 Å². The zero-order valence-electron chi connectivity index (χ0n) is 16.5. The molecule has 2 aromatic rings. The zero-order chi connectivity index (χ0) is 20.1. The van der Waals surface area contributed by atoms with Gasteiger partial charge in [0.1, 0.15) is 11.4 Å². The Morgan fingerprint density at radius 1 is 1.29 bits per heavy atom. The second kappa shape index (κ2) is 8.88. The van der Waals surface area contributed by atoms with E-state index in [1.54, 1.807) is 7.05 Å². The summed E-state index contributed by atoms with van der Waals surface area (Å²) in [4.78, 5) is 27.0. The first kappa shape index (κ1) is 19.9. The van der Waals surface area contributed by atoms with Crippen LogP contribution in [-0.2, 0) is 16.6 Å². The molecule has 0 bridgehead atoms. The van der Waals surface area contributed by atoms with Crippen molar-refractivity contribution in [2.45, 2.75) is 19.8 Å². The Hall–Kier alpha value is -2.87. The third-order valence-corrected chi connectivity index (χ3v) is 4.61. The van der Waals surface area contributed by atoms with Crippen molar-refractivity contribution in [3.63, 3.8) is 0 Å². The third kappa shape index (κ3) is 4.51. The number of carbonyl (C=O) groups excluding carboxylic acids is 1. The highest BCUT2D eigenvalue weighted by atomic mass is 16.5. The summed E-state index contributed by atoms with van der Waals surface area (Å²) < 4.78 is 12.3. The van der Waals surface area contributed by atoms with E-state index >= 15 is 0 Å². The van der Waals surface area contributed by atoms with Crippen LogP contribution in [0, 0.1) is 0 Å². The van der Waals surface area contributed by atoms with E-state index in [9.17, 15) is 9.59 Å². The van der Waals surface area contributed by atoms with E-state index in [1.807, 2.05) is 29.2 Å². The average Bonchev–Trinajstić information content (AvgIpc) is 2.70. The van der Waals surface area contributed by atoms with Crippen molar-refractivity contribution in [3.05, 3.63) is 46.4 Å². The van der Waals surface area contributed by atoms with Crippen LogP contribution in [0.1, 0.15) is 25.3 Å². The number of amides is 1. The summed E-state index contributed by atoms with van der Waals surface area (Å²) in [7, 11) is 1.59. The first-order valence-electron chi connectivity index (χ1n) is 9.38. The van der Waals surface area contributed by atoms with Crippen molar-refractivity contribution in [2.24, 2.45) is 7.05 Å². The summed E-state index contributed by atoms with van der Waals surface area (Å²) >= 11 is 0. The largest absolute Gasteiger partial charge is 0.483 e. The highest BCUT2D eigenvalue weighted by Crippen LogP contribution is 2.26. The molecule has 1 fully saturated rings. The van der Waals surface area contributed by atoms with Crippen LogP contribution in [0.3, 0.4) is 0 Å². The number of anilines is 2. The minimum Gasteiger partial charge on any atom is -0.483 e. The minimum absolute atomic E-state index is 0.151. The van der Waals surface area contributed by atoms with Crippen molar-refractivity contribution in [1.29, 1.82) is 0 Å². The lowest BCUT2D eigenvalue weighted by Crippen LogP contribution is -2.41. The molecule has 1 N–H and O–H groups in total. The lowest BCUT2D eigenvalue weighted by Gasteiger charge is -2.29. The fraction of sp³-hybridized carbons (Fsp3) is 0.450. The number of aryl methyl sites for hydroxylation is 1. The fourth-order valence-electron chi connectivity index (χ4n) is 3.13. The fourth-order valence-corrected chi connectivity index (χ4v) is 3.13. The number of morpholine rings is 1. The summed E-state index contributed by atoms with van der Waals surface area (Å²) in [5.74, 6) is 0.625. The van der Waals surface area contributed by atoms with E-state index in [0.29, 0.717) is 43.4 Å². The summed E-state index contributed by atoms with van der Waals surface area (Å²) in [5, 5.41) is 6.81. The van der Waals surface area contributed by atoms with Gasteiger partial charge in [-0.25, -0.2) is 4.68 Å². The molecule has 1 aromatic heterocycles. The van der Waals surface area contributed by atoms with Gasteiger partial charge in [0.15, 0.2) is 6.61 Å². The number of hydrogen-bond acceptors (Lipinski definition) is 6. The molecule has 150 valence electrons. The predicted molar refractivity (Wildman–Crippen MR) is 107 cm³/mol. The molecule has 2 heterocycles. The van der Waals surface area contributed by atoms with E-state index in [-0.39, 0.29) is 24.0 Å². The summed E-state index contributed by atoms with van der Waals surface area (Å²) in [5.41, 5.74) is 1.60. The van der Waals surface area contributed by atoms with Gasteiger partial charge in [0.2, 0.25) is 0 Å². The summed E-state index contributed by atoms with van der Waals surface area (Å²) in [6.07, 6.45) is 1.49. The molecule has 3 rings (SSSR count). The van der Waals surface area contributed by atoms with Gasteiger partial charge in [-0.2, -0.15) is 5.10 Å². The molecular formula is C20H26N4O4. The van der Waals surface area contributed by atoms with Crippen molar-refractivity contribution in [3.8, 4) is 5.75 Å². The van der Waals surface area contributed by atoms with Gasteiger partial charge in [-0.15, -0.1) is 0 Å². The Kier molecular flexibility index (Phi) is 6.30. The number of nitrogens with one attached hydrogen (secondary N) is 1. The molecule has 1 aliphatic heterocycles. The second-order valence-corrected chi connectivity index (χ2v) is 6.96. The number of hydrogen-bond donors (Lipinski definition) is 1. The highest BCUT2D eigenvalue weighted by Gasteiger charge is 2.21. The summed E-state index contributed by atoms with van der Waals surface area (Å²) in [6, 6.07) is 7.66. The number of para-hydroxylation sites is 1. The molecule has 8 heteroatoms. The molecule has 28 heavy (non-hydrogen) atoms. The van der Waals surface area contributed by atoms with E-state index in [4.69, 9.17) is 9.47 Å². The quantitative estimate of drug-likeness (QED) is 0.814. The van der Waals surface area contributed by atoms with Crippen LogP contribution in [0.5, 0.6) is 5.75 Å². The van der Waals surface area contributed by atoms with Crippen LogP contribution in [0.2, 0.25) is 0 Å². The Morgan fingerprint density at radius 3 is 2.71 bits per heavy atom. The SMILES string of the molecule is CC(C)c1ccccc1OCC(=O)Nc1cnn(C)c(=O)c1N1CCOCC1. The van der Waals surface area contributed by atoms with Crippen LogP contribution < -0.4 is 20.5 Å². The maximum Gasteiger partial charge on any atom is 0.292 e. The average molecular weight is 386 g/mol. The normalized spacial score (nSPS) is 14.2. The Labute approximate surface area is 164 Å². The lowest BCUT2D eigenvalue weighted by molar-refractivity contribution is -0.118. The second-order valence-electron chi connectivity index (χ2n) is 6.96. The lowest BCUT2D eigenvalue weighted by atomic mass is 10.0. The first-order valence-corrected chi connectivity index (χ1v) is 9.38. The van der Waals surface area contributed by atoms with Gasteiger partial charge in [0.05, 0.1) is 25.1 Å². The monoisotopic (exact) mass is 386 g/mol. The molecular weight excluding hydrogens is 360 g/mol. The van der Waals surface area contributed by atoms with Gasteiger partial charge in [-0.1, -0.05) is 32.0 Å². The zero-order valence-corrected chi connectivity index (χ0v) is 16.5. The number of rotatable bonds is 6. The van der Waals surface area contributed by atoms with E-state index in [0.717, 1.165) is 5.56 Å². The topological polar surface area (TPSA) is 85.7 Å².